The molecule has 1 aromatic rings. The second kappa shape index (κ2) is 6.44. The number of ether oxygens (including phenoxy) is 2. The molecule has 2 rings (SSSR count). The van der Waals surface area contributed by atoms with Gasteiger partial charge >= 0.3 is 6.36 Å². The molecule has 1 aliphatic carbocycles. The lowest BCUT2D eigenvalue weighted by Crippen LogP contribution is -2.37. The lowest BCUT2D eigenvalue weighted by molar-refractivity contribution is -0.274. The number of halogens is 4. The van der Waals surface area contributed by atoms with E-state index < -0.39 is 12.0 Å². The summed E-state index contributed by atoms with van der Waals surface area (Å²) in [5.74, 6) is 0.0571. The van der Waals surface area contributed by atoms with Gasteiger partial charge in [-0.2, -0.15) is 0 Å². The van der Waals surface area contributed by atoms with E-state index in [9.17, 15) is 18.3 Å². The van der Waals surface area contributed by atoms with Crippen molar-refractivity contribution < 1.29 is 27.8 Å². The molecular formula is C14H16BrF3O3. The average Bonchev–Trinajstić information content (AvgIpc) is 2.39. The maximum atomic E-state index is 12.2. The Balaban J connectivity index is 1.97. The van der Waals surface area contributed by atoms with E-state index in [-0.39, 0.29) is 16.8 Å². The topological polar surface area (TPSA) is 38.7 Å². The number of rotatable bonds is 4. The summed E-state index contributed by atoms with van der Waals surface area (Å²) in [4.78, 5) is 0. The van der Waals surface area contributed by atoms with Crippen molar-refractivity contribution in [1.29, 1.82) is 0 Å². The molecule has 1 N–H and O–H groups in total. The summed E-state index contributed by atoms with van der Waals surface area (Å²) in [6.45, 7) is 0.138. The van der Waals surface area contributed by atoms with Gasteiger partial charge in [-0.05, 0) is 47.0 Å². The number of alkyl halides is 3. The number of benzene rings is 1. The second-order valence-corrected chi connectivity index (χ2v) is 6.07. The van der Waals surface area contributed by atoms with Crippen LogP contribution in [0.25, 0.3) is 0 Å². The normalized spacial score (nSPS) is 18.3. The third-order valence-electron chi connectivity index (χ3n) is 3.42. The molecule has 0 radical (unpaired) electrons. The SMILES string of the molecule is OC1(COc2ccc(OC(F)(F)F)c(Br)c2)CCCCC1. The van der Waals surface area contributed by atoms with Crippen LogP contribution in [0.3, 0.4) is 0 Å². The molecule has 1 aliphatic rings. The molecule has 0 saturated heterocycles. The standard InChI is InChI=1S/C14H16BrF3O3/c15-11-8-10(4-5-12(11)21-14(16,17)18)20-9-13(19)6-2-1-3-7-13/h4-5,8,19H,1-3,6-7,9H2. The summed E-state index contributed by atoms with van der Waals surface area (Å²) in [6, 6.07) is 3.96. The van der Waals surface area contributed by atoms with Gasteiger partial charge in [-0.25, -0.2) is 0 Å². The molecule has 0 aromatic heterocycles. The van der Waals surface area contributed by atoms with Crippen molar-refractivity contribution in [2.75, 3.05) is 6.61 Å². The van der Waals surface area contributed by atoms with Crippen molar-refractivity contribution in [2.24, 2.45) is 0 Å². The van der Waals surface area contributed by atoms with Gasteiger partial charge in [-0.3, -0.25) is 0 Å². The van der Waals surface area contributed by atoms with E-state index >= 15 is 0 Å². The Morgan fingerprint density at radius 3 is 2.43 bits per heavy atom. The molecule has 0 aliphatic heterocycles. The Kier molecular flexibility index (Phi) is 5.03. The van der Waals surface area contributed by atoms with Crippen molar-refractivity contribution in [2.45, 2.75) is 44.1 Å². The summed E-state index contributed by atoms with van der Waals surface area (Å²) in [7, 11) is 0. The molecule has 0 amide bonds. The summed E-state index contributed by atoms with van der Waals surface area (Å²) in [5, 5.41) is 10.3. The van der Waals surface area contributed by atoms with Gasteiger partial charge in [0.2, 0.25) is 0 Å². The van der Waals surface area contributed by atoms with Crippen molar-refractivity contribution >= 4 is 15.9 Å². The van der Waals surface area contributed by atoms with Gasteiger partial charge < -0.3 is 14.6 Å². The molecule has 21 heavy (non-hydrogen) atoms. The van der Waals surface area contributed by atoms with Crippen LogP contribution in [-0.2, 0) is 0 Å². The zero-order chi connectivity index (χ0) is 15.5. The van der Waals surface area contributed by atoms with E-state index in [1.54, 1.807) is 0 Å². The van der Waals surface area contributed by atoms with Crippen LogP contribution in [0, 0.1) is 0 Å². The lowest BCUT2D eigenvalue weighted by atomic mass is 9.85. The van der Waals surface area contributed by atoms with E-state index in [0.717, 1.165) is 19.3 Å². The predicted octanol–water partition coefficient (Wildman–Crippen LogP) is 4.42. The monoisotopic (exact) mass is 368 g/mol. The zero-order valence-electron chi connectivity index (χ0n) is 11.3. The molecule has 0 atom stereocenters. The molecule has 3 nitrogen and oxygen atoms in total. The van der Waals surface area contributed by atoms with E-state index in [1.807, 2.05) is 0 Å². The molecule has 118 valence electrons. The minimum absolute atomic E-state index is 0.138. The van der Waals surface area contributed by atoms with Crippen LogP contribution in [0.5, 0.6) is 11.5 Å². The first-order valence-electron chi connectivity index (χ1n) is 6.68. The number of aliphatic hydroxyl groups is 1. The Labute approximate surface area is 129 Å². The summed E-state index contributed by atoms with van der Waals surface area (Å²) < 4.78 is 46.0. The predicted molar refractivity (Wildman–Crippen MR) is 74.4 cm³/mol. The van der Waals surface area contributed by atoms with Gasteiger partial charge in [-0.15, -0.1) is 13.2 Å². The van der Waals surface area contributed by atoms with Crippen LogP contribution in [0.4, 0.5) is 13.2 Å². The van der Waals surface area contributed by atoms with Crippen LogP contribution in [-0.4, -0.2) is 23.7 Å². The molecule has 0 heterocycles. The molecule has 1 fully saturated rings. The van der Waals surface area contributed by atoms with Crippen molar-refractivity contribution in [3.05, 3.63) is 22.7 Å². The third-order valence-corrected chi connectivity index (χ3v) is 4.04. The molecule has 0 spiro atoms. The van der Waals surface area contributed by atoms with Gasteiger partial charge in [0.1, 0.15) is 18.1 Å². The summed E-state index contributed by atoms with van der Waals surface area (Å²) in [5.41, 5.74) is -0.841. The van der Waals surface area contributed by atoms with Crippen LogP contribution < -0.4 is 9.47 Å². The summed E-state index contributed by atoms with van der Waals surface area (Å²) >= 11 is 3.01. The largest absolute Gasteiger partial charge is 0.573 e. The number of hydrogen-bond acceptors (Lipinski definition) is 3. The van der Waals surface area contributed by atoms with Crippen LogP contribution in [0.1, 0.15) is 32.1 Å². The van der Waals surface area contributed by atoms with Crippen molar-refractivity contribution in [3.8, 4) is 11.5 Å². The van der Waals surface area contributed by atoms with Crippen LogP contribution >= 0.6 is 15.9 Å². The highest BCUT2D eigenvalue weighted by atomic mass is 79.9. The Bertz CT molecular complexity index is 485. The van der Waals surface area contributed by atoms with Crippen LogP contribution in [0.15, 0.2) is 22.7 Å². The Morgan fingerprint density at radius 2 is 1.86 bits per heavy atom. The zero-order valence-corrected chi connectivity index (χ0v) is 12.8. The highest BCUT2D eigenvalue weighted by Gasteiger charge is 2.32. The van der Waals surface area contributed by atoms with E-state index in [4.69, 9.17) is 4.74 Å². The maximum absolute atomic E-state index is 12.2. The Morgan fingerprint density at radius 1 is 1.19 bits per heavy atom. The second-order valence-electron chi connectivity index (χ2n) is 5.21. The minimum atomic E-state index is -4.73. The van der Waals surface area contributed by atoms with Crippen molar-refractivity contribution in [1.82, 2.24) is 0 Å². The highest BCUT2D eigenvalue weighted by Crippen LogP contribution is 2.34. The lowest BCUT2D eigenvalue weighted by Gasteiger charge is -2.31. The van der Waals surface area contributed by atoms with Crippen molar-refractivity contribution in [3.63, 3.8) is 0 Å². The molecular weight excluding hydrogens is 353 g/mol. The van der Waals surface area contributed by atoms with Gasteiger partial charge in [0.25, 0.3) is 0 Å². The molecule has 7 heteroatoms. The third kappa shape index (κ3) is 5.07. The van der Waals surface area contributed by atoms with Crippen LogP contribution in [0.2, 0.25) is 0 Å². The van der Waals surface area contributed by atoms with E-state index in [1.165, 1.54) is 18.2 Å². The van der Waals surface area contributed by atoms with E-state index in [2.05, 4.69) is 20.7 Å². The van der Waals surface area contributed by atoms with Gasteiger partial charge in [0, 0.05) is 0 Å². The quantitative estimate of drug-likeness (QED) is 0.854. The molecule has 1 aromatic carbocycles. The highest BCUT2D eigenvalue weighted by molar-refractivity contribution is 9.10. The number of hydrogen-bond donors (Lipinski definition) is 1. The molecule has 0 bridgehead atoms. The van der Waals surface area contributed by atoms with Gasteiger partial charge in [0.15, 0.2) is 0 Å². The fourth-order valence-corrected chi connectivity index (χ4v) is 2.79. The first kappa shape index (κ1) is 16.4. The van der Waals surface area contributed by atoms with E-state index in [0.29, 0.717) is 18.6 Å². The minimum Gasteiger partial charge on any atom is -0.491 e. The Hall–Kier alpha value is -0.950. The fourth-order valence-electron chi connectivity index (χ4n) is 2.35. The first-order chi connectivity index (χ1) is 9.77. The first-order valence-corrected chi connectivity index (χ1v) is 7.47. The smallest absolute Gasteiger partial charge is 0.491 e. The van der Waals surface area contributed by atoms with Gasteiger partial charge in [-0.1, -0.05) is 19.3 Å². The van der Waals surface area contributed by atoms with Gasteiger partial charge in [0.05, 0.1) is 10.1 Å². The molecule has 0 unspecified atom stereocenters. The maximum Gasteiger partial charge on any atom is 0.573 e. The average molecular weight is 369 g/mol. The fraction of sp³-hybridized carbons (Fsp3) is 0.571. The molecule has 1 saturated carbocycles. The summed E-state index contributed by atoms with van der Waals surface area (Å²) in [6.07, 6.45) is -0.337.